The van der Waals surface area contributed by atoms with Gasteiger partial charge < -0.3 is 5.73 Å². The molecule has 21 heavy (non-hydrogen) atoms. The van der Waals surface area contributed by atoms with E-state index in [1.165, 1.54) is 96.3 Å². The molecule has 0 heterocycles. The van der Waals surface area contributed by atoms with Crippen LogP contribution < -0.4 is 5.73 Å². The molecule has 0 radical (unpaired) electrons. The van der Waals surface area contributed by atoms with Gasteiger partial charge in [0.15, 0.2) is 0 Å². The topological polar surface area (TPSA) is 26.0 Å². The van der Waals surface area contributed by atoms with Crippen LogP contribution >= 0.6 is 0 Å². The van der Waals surface area contributed by atoms with Crippen molar-refractivity contribution in [3.05, 3.63) is 0 Å². The fourth-order valence-corrected chi connectivity index (χ4v) is 3.97. The lowest BCUT2D eigenvalue weighted by molar-refractivity contribution is 0.224. The van der Waals surface area contributed by atoms with Gasteiger partial charge in [-0.15, -0.1) is 0 Å². The van der Waals surface area contributed by atoms with Gasteiger partial charge in [0.25, 0.3) is 0 Å². The third-order valence-electron chi connectivity index (χ3n) is 5.60. The molecule has 0 aliphatic heterocycles. The average Bonchev–Trinajstić information content (AvgIpc) is 2.52. The molecule has 0 bridgehead atoms. The molecule has 0 amide bonds. The first-order chi connectivity index (χ1) is 10.3. The molecule has 1 nitrogen and oxygen atoms in total. The standard InChI is InChI=1S/C20H41N/c1-3-5-7-8-9-10-11-13-20(21)19-16-14-18(15-17-19)12-6-4-2/h18-20H,3-17,21H2,1-2H3. The van der Waals surface area contributed by atoms with E-state index in [1.807, 2.05) is 0 Å². The predicted octanol–water partition coefficient (Wildman–Crippen LogP) is 6.45. The molecule has 0 aromatic heterocycles. The van der Waals surface area contributed by atoms with E-state index in [2.05, 4.69) is 13.8 Å². The van der Waals surface area contributed by atoms with Crippen LogP contribution in [-0.2, 0) is 0 Å². The Kier molecular flexibility index (Phi) is 11.3. The monoisotopic (exact) mass is 295 g/mol. The maximum absolute atomic E-state index is 6.46. The van der Waals surface area contributed by atoms with Crippen molar-refractivity contribution >= 4 is 0 Å². The lowest BCUT2D eigenvalue weighted by Crippen LogP contribution is -2.33. The van der Waals surface area contributed by atoms with Gasteiger partial charge in [0.1, 0.15) is 0 Å². The summed E-state index contributed by atoms with van der Waals surface area (Å²) in [4.78, 5) is 0. The highest BCUT2D eigenvalue weighted by Gasteiger charge is 2.24. The maximum Gasteiger partial charge on any atom is 0.00671 e. The van der Waals surface area contributed by atoms with Gasteiger partial charge in [-0.05, 0) is 31.1 Å². The summed E-state index contributed by atoms with van der Waals surface area (Å²) in [5.41, 5.74) is 6.46. The van der Waals surface area contributed by atoms with E-state index >= 15 is 0 Å². The zero-order chi connectivity index (χ0) is 15.3. The second-order valence-electron chi connectivity index (χ2n) is 7.50. The van der Waals surface area contributed by atoms with Crippen LogP contribution in [0.15, 0.2) is 0 Å². The lowest BCUT2D eigenvalue weighted by atomic mass is 9.76. The molecule has 1 aliphatic carbocycles. The Morgan fingerprint density at radius 1 is 0.762 bits per heavy atom. The van der Waals surface area contributed by atoms with Crippen LogP contribution in [-0.4, -0.2) is 6.04 Å². The Balaban J connectivity index is 1.99. The van der Waals surface area contributed by atoms with Crippen molar-refractivity contribution in [2.24, 2.45) is 17.6 Å². The van der Waals surface area contributed by atoms with E-state index in [0.29, 0.717) is 6.04 Å². The highest BCUT2D eigenvalue weighted by molar-refractivity contribution is 4.79. The molecule has 0 spiro atoms. The number of unbranched alkanes of at least 4 members (excludes halogenated alkanes) is 7. The Bertz CT molecular complexity index is 218. The van der Waals surface area contributed by atoms with Gasteiger partial charge in [-0.1, -0.05) is 90.9 Å². The summed E-state index contributed by atoms with van der Waals surface area (Å²) >= 11 is 0. The van der Waals surface area contributed by atoms with E-state index in [-0.39, 0.29) is 0 Å². The molecule has 1 saturated carbocycles. The zero-order valence-electron chi connectivity index (χ0n) is 14.9. The van der Waals surface area contributed by atoms with Crippen molar-refractivity contribution in [3.8, 4) is 0 Å². The Morgan fingerprint density at radius 3 is 1.95 bits per heavy atom. The summed E-state index contributed by atoms with van der Waals surface area (Å²) in [5.74, 6) is 1.86. The maximum atomic E-state index is 6.46. The van der Waals surface area contributed by atoms with Crippen LogP contribution in [0.5, 0.6) is 0 Å². The normalized spacial score (nSPS) is 24.1. The first-order valence-corrected chi connectivity index (χ1v) is 10.0. The van der Waals surface area contributed by atoms with Crippen LogP contribution in [0.4, 0.5) is 0 Å². The highest BCUT2D eigenvalue weighted by atomic mass is 14.6. The van der Waals surface area contributed by atoms with E-state index in [4.69, 9.17) is 5.73 Å². The van der Waals surface area contributed by atoms with Gasteiger partial charge in [-0.3, -0.25) is 0 Å². The van der Waals surface area contributed by atoms with Gasteiger partial charge in [-0.2, -0.15) is 0 Å². The van der Waals surface area contributed by atoms with Gasteiger partial charge in [0, 0.05) is 6.04 Å². The fourth-order valence-electron chi connectivity index (χ4n) is 3.97. The summed E-state index contributed by atoms with van der Waals surface area (Å²) in [6.07, 6.45) is 21.1. The highest BCUT2D eigenvalue weighted by Crippen LogP contribution is 2.34. The molecule has 1 fully saturated rings. The van der Waals surface area contributed by atoms with Gasteiger partial charge in [-0.25, -0.2) is 0 Å². The lowest BCUT2D eigenvalue weighted by Gasteiger charge is -2.32. The van der Waals surface area contributed by atoms with Crippen LogP contribution in [0.2, 0.25) is 0 Å². The van der Waals surface area contributed by atoms with Gasteiger partial charge >= 0.3 is 0 Å². The Hall–Kier alpha value is -0.0400. The summed E-state index contributed by atoms with van der Waals surface area (Å²) in [6, 6.07) is 0.493. The summed E-state index contributed by atoms with van der Waals surface area (Å²) in [6.45, 7) is 4.60. The molecule has 126 valence electrons. The van der Waals surface area contributed by atoms with E-state index < -0.39 is 0 Å². The summed E-state index contributed by atoms with van der Waals surface area (Å²) in [7, 11) is 0. The molecule has 1 atom stereocenters. The van der Waals surface area contributed by atoms with Crippen molar-refractivity contribution in [2.45, 2.75) is 116 Å². The SMILES string of the molecule is CCCCCCCCCC(N)C1CCC(CCCC)CC1. The predicted molar refractivity (Wildman–Crippen MR) is 95.6 cm³/mol. The molecule has 1 heteroatoms. The Labute approximate surface area is 134 Å². The van der Waals surface area contributed by atoms with Crippen molar-refractivity contribution in [2.75, 3.05) is 0 Å². The summed E-state index contributed by atoms with van der Waals surface area (Å²) < 4.78 is 0. The van der Waals surface area contributed by atoms with Crippen LogP contribution in [0.25, 0.3) is 0 Å². The molecule has 2 N–H and O–H groups in total. The third kappa shape index (κ3) is 8.86. The van der Waals surface area contributed by atoms with Crippen molar-refractivity contribution < 1.29 is 0 Å². The molecular formula is C20H41N. The first kappa shape index (κ1) is 19.0. The molecule has 0 aromatic carbocycles. The van der Waals surface area contributed by atoms with Gasteiger partial charge in [0.05, 0.1) is 0 Å². The fraction of sp³-hybridized carbons (Fsp3) is 1.00. The van der Waals surface area contributed by atoms with Crippen molar-refractivity contribution in [1.82, 2.24) is 0 Å². The number of nitrogens with two attached hydrogens (primary N) is 1. The molecular weight excluding hydrogens is 254 g/mol. The largest absolute Gasteiger partial charge is 0.327 e. The van der Waals surface area contributed by atoms with Crippen LogP contribution in [0, 0.1) is 11.8 Å². The first-order valence-electron chi connectivity index (χ1n) is 10.0. The van der Waals surface area contributed by atoms with Crippen molar-refractivity contribution in [3.63, 3.8) is 0 Å². The van der Waals surface area contributed by atoms with E-state index in [1.54, 1.807) is 0 Å². The molecule has 1 aliphatic rings. The average molecular weight is 296 g/mol. The minimum atomic E-state index is 0.493. The molecule has 1 unspecified atom stereocenters. The molecule has 1 rings (SSSR count). The minimum absolute atomic E-state index is 0.493. The number of rotatable bonds is 12. The summed E-state index contributed by atoms with van der Waals surface area (Å²) in [5, 5.41) is 0. The van der Waals surface area contributed by atoms with E-state index in [0.717, 1.165) is 11.8 Å². The van der Waals surface area contributed by atoms with Crippen molar-refractivity contribution in [1.29, 1.82) is 0 Å². The van der Waals surface area contributed by atoms with Crippen LogP contribution in [0.3, 0.4) is 0 Å². The second-order valence-corrected chi connectivity index (χ2v) is 7.50. The Morgan fingerprint density at radius 2 is 1.33 bits per heavy atom. The number of hydrogen-bond donors (Lipinski definition) is 1. The quantitative estimate of drug-likeness (QED) is 0.411. The smallest absolute Gasteiger partial charge is 0.00671 e. The minimum Gasteiger partial charge on any atom is -0.327 e. The molecule has 0 aromatic rings. The van der Waals surface area contributed by atoms with E-state index in [9.17, 15) is 0 Å². The van der Waals surface area contributed by atoms with Gasteiger partial charge in [0.2, 0.25) is 0 Å². The van der Waals surface area contributed by atoms with Crippen LogP contribution in [0.1, 0.15) is 110 Å². The molecule has 0 saturated heterocycles. The second kappa shape index (κ2) is 12.5. The number of hydrogen-bond acceptors (Lipinski definition) is 1. The third-order valence-corrected chi connectivity index (χ3v) is 5.60. The zero-order valence-corrected chi connectivity index (χ0v) is 14.9.